The maximum atomic E-state index is 6.28. The van der Waals surface area contributed by atoms with Crippen molar-refractivity contribution in [3.05, 3.63) is 59.1 Å². The number of halogens is 1. The fourth-order valence-electron chi connectivity index (χ4n) is 2.83. The molecule has 0 aromatic heterocycles. The Hall–Kier alpha value is -1.67. The normalized spacial score (nSPS) is 18.8. The molecule has 2 aromatic rings. The molecule has 1 atom stereocenters. The summed E-state index contributed by atoms with van der Waals surface area (Å²) in [5.41, 5.74) is 9.21. The lowest BCUT2D eigenvalue weighted by Gasteiger charge is -2.22. The van der Waals surface area contributed by atoms with Crippen LogP contribution in [0.25, 0.3) is 0 Å². The van der Waals surface area contributed by atoms with Crippen molar-refractivity contribution in [2.45, 2.75) is 12.3 Å². The topological polar surface area (TPSA) is 29.3 Å². The molecule has 1 unspecified atom stereocenters. The van der Waals surface area contributed by atoms with Gasteiger partial charge in [0.1, 0.15) is 0 Å². The lowest BCUT2D eigenvalue weighted by Crippen LogP contribution is -2.20. The minimum Gasteiger partial charge on any atom is -0.397 e. The summed E-state index contributed by atoms with van der Waals surface area (Å²) in [7, 11) is 0. The Balaban J connectivity index is 1.83. The maximum Gasteiger partial charge on any atom is 0.0789 e. The average Bonchev–Trinajstić information content (AvgIpc) is 2.89. The SMILES string of the molecule is Nc1cccc(Cl)c1N1CCC(c2ccccc2)C1. The smallest absolute Gasteiger partial charge is 0.0789 e. The summed E-state index contributed by atoms with van der Waals surface area (Å²) in [5, 5.41) is 0.744. The zero-order valence-corrected chi connectivity index (χ0v) is 11.5. The number of para-hydroxylation sites is 1. The molecule has 0 bridgehead atoms. The molecule has 1 aliphatic heterocycles. The van der Waals surface area contributed by atoms with Crippen LogP contribution in [0.15, 0.2) is 48.5 Å². The van der Waals surface area contributed by atoms with Gasteiger partial charge in [0, 0.05) is 19.0 Å². The molecule has 0 saturated carbocycles. The monoisotopic (exact) mass is 272 g/mol. The summed E-state index contributed by atoms with van der Waals surface area (Å²) in [6, 6.07) is 16.4. The second-order valence-corrected chi connectivity index (χ2v) is 5.43. The van der Waals surface area contributed by atoms with Gasteiger partial charge in [-0.15, -0.1) is 0 Å². The highest BCUT2D eigenvalue weighted by Gasteiger charge is 2.26. The summed E-state index contributed by atoms with van der Waals surface area (Å²) in [6.45, 7) is 1.99. The molecule has 2 N–H and O–H groups in total. The van der Waals surface area contributed by atoms with E-state index >= 15 is 0 Å². The number of nitrogen functional groups attached to an aromatic ring is 1. The summed E-state index contributed by atoms with van der Waals surface area (Å²) >= 11 is 6.28. The van der Waals surface area contributed by atoms with Crippen molar-refractivity contribution in [1.29, 1.82) is 0 Å². The van der Waals surface area contributed by atoms with Crippen LogP contribution < -0.4 is 10.6 Å². The van der Waals surface area contributed by atoms with Gasteiger partial charge < -0.3 is 10.6 Å². The van der Waals surface area contributed by atoms with Crippen LogP contribution in [0, 0.1) is 0 Å². The van der Waals surface area contributed by atoms with Crippen LogP contribution in [0.5, 0.6) is 0 Å². The minimum absolute atomic E-state index is 0.567. The summed E-state index contributed by atoms with van der Waals surface area (Å²) < 4.78 is 0. The van der Waals surface area contributed by atoms with Gasteiger partial charge in [0.15, 0.2) is 0 Å². The fraction of sp³-hybridized carbons (Fsp3) is 0.250. The van der Waals surface area contributed by atoms with Crippen molar-refractivity contribution >= 4 is 23.0 Å². The Labute approximate surface area is 118 Å². The number of hydrogen-bond donors (Lipinski definition) is 1. The van der Waals surface area contributed by atoms with Gasteiger partial charge >= 0.3 is 0 Å². The van der Waals surface area contributed by atoms with E-state index in [2.05, 4.69) is 35.2 Å². The first-order valence-electron chi connectivity index (χ1n) is 6.59. The van der Waals surface area contributed by atoms with Crippen molar-refractivity contribution in [2.24, 2.45) is 0 Å². The average molecular weight is 273 g/mol. The van der Waals surface area contributed by atoms with Gasteiger partial charge in [0.05, 0.1) is 16.4 Å². The Bertz CT molecular complexity index is 548. The lowest BCUT2D eigenvalue weighted by molar-refractivity contribution is 0.775. The Kier molecular flexibility index (Phi) is 3.34. The van der Waals surface area contributed by atoms with E-state index in [0.717, 1.165) is 35.9 Å². The molecule has 2 nitrogen and oxygen atoms in total. The molecule has 2 aromatic carbocycles. The predicted octanol–water partition coefficient (Wildman–Crippen LogP) is 3.92. The molecule has 1 saturated heterocycles. The van der Waals surface area contributed by atoms with Gasteiger partial charge in [-0.3, -0.25) is 0 Å². The molecular weight excluding hydrogens is 256 g/mol. The lowest BCUT2D eigenvalue weighted by atomic mass is 9.99. The Morgan fingerprint density at radius 2 is 1.84 bits per heavy atom. The van der Waals surface area contributed by atoms with Gasteiger partial charge in [-0.1, -0.05) is 48.0 Å². The predicted molar refractivity (Wildman–Crippen MR) is 81.9 cm³/mol. The first kappa shape index (κ1) is 12.4. The van der Waals surface area contributed by atoms with Crippen molar-refractivity contribution in [2.75, 3.05) is 23.7 Å². The number of rotatable bonds is 2. The molecule has 0 aliphatic carbocycles. The van der Waals surface area contributed by atoms with Gasteiger partial charge in [-0.2, -0.15) is 0 Å². The van der Waals surface area contributed by atoms with Crippen LogP contribution in [-0.2, 0) is 0 Å². The van der Waals surface area contributed by atoms with Crippen molar-refractivity contribution in [3.63, 3.8) is 0 Å². The third-order valence-electron chi connectivity index (χ3n) is 3.79. The third-order valence-corrected chi connectivity index (χ3v) is 4.10. The second kappa shape index (κ2) is 5.14. The van der Waals surface area contributed by atoms with Crippen LogP contribution in [0.2, 0.25) is 5.02 Å². The standard InChI is InChI=1S/C16H17ClN2/c17-14-7-4-8-15(18)16(14)19-10-9-13(11-19)12-5-2-1-3-6-12/h1-8,13H,9-11,18H2. The van der Waals surface area contributed by atoms with E-state index in [9.17, 15) is 0 Å². The molecule has 3 heteroatoms. The molecule has 3 rings (SSSR count). The molecular formula is C16H17ClN2. The second-order valence-electron chi connectivity index (χ2n) is 5.02. The first-order chi connectivity index (χ1) is 9.25. The summed E-state index contributed by atoms with van der Waals surface area (Å²) in [6.07, 6.45) is 1.15. The molecule has 0 amide bonds. The largest absolute Gasteiger partial charge is 0.397 e. The van der Waals surface area contributed by atoms with Crippen LogP contribution in [0.1, 0.15) is 17.9 Å². The van der Waals surface area contributed by atoms with Crippen LogP contribution in [0.3, 0.4) is 0 Å². The third kappa shape index (κ3) is 2.41. The van der Waals surface area contributed by atoms with Crippen molar-refractivity contribution in [3.8, 4) is 0 Å². The molecule has 1 aliphatic rings. The highest BCUT2D eigenvalue weighted by molar-refractivity contribution is 6.34. The maximum absolute atomic E-state index is 6.28. The molecule has 1 heterocycles. The van der Waals surface area contributed by atoms with E-state index in [4.69, 9.17) is 17.3 Å². The molecule has 1 fully saturated rings. The van der Waals surface area contributed by atoms with Crippen LogP contribution in [0.4, 0.5) is 11.4 Å². The zero-order valence-electron chi connectivity index (χ0n) is 10.7. The van der Waals surface area contributed by atoms with Gasteiger partial charge in [-0.25, -0.2) is 0 Å². The van der Waals surface area contributed by atoms with E-state index in [0.29, 0.717) is 5.92 Å². The van der Waals surface area contributed by atoms with Crippen molar-refractivity contribution < 1.29 is 0 Å². The quantitative estimate of drug-likeness (QED) is 0.840. The number of nitrogens with zero attached hydrogens (tertiary/aromatic N) is 1. The van der Waals surface area contributed by atoms with E-state index in [1.165, 1.54) is 5.56 Å². The van der Waals surface area contributed by atoms with Crippen LogP contribution >= 0.6 is 11.6 Å². The number of benzene rings is 2. The summed E-state index contributed by atoms with van der Waals surface area (Å²) in [4.78, 5) is 2.30. The number of hydrogen-bond acceptors (Lipinski definition) is 2. The molecule has 98 valence electrons. The molecule has 0 spiro atoms. The van der Waals surface area contributed by atoms with E-state index in [1.807, 2.05) is 18.2 Å². The number of anilines is 2. The highest BCUT2D eigenvalue weighted by atomic mass is 35.5. The van der Waals surface area contributed by atoms with Gasteiger partial charge in [-0.05, 0) is 24.1 Å². The molecule has 19 heavy (non-hydrogen) atoms. The first-order valence-corrected chi connectivity index (χ1v) is 6.97. The van der Waals surface area contributed by atoms with Crippen LogP contribution in [-0.4, -0.2) is 13.1 Å². The number of nitrogens with two attached hydrogens (primary N) is 1. The van der Waals surface area contributed by atoms with E-state index in [-0.39, 0.29) is 0 Å². The fourth-order valence-corrected chi connectivity index (χ4v) is 3.13. The highest BCUT2D eigenvalue weighted by Crippen LogP contribution is 2.37. The van der Waals surface area contributed by atoms with Gasteiger partial charge in [0.2, 0.25) is 0 Å². The summed E-state index contributed by atoms with van der Waals surface area (Å²) in [5.74, 6) is 0.567. The Morgan fingerprint density at radius 3 is 2.58 bits per heavy atom. The van der Waals surface area contributed by atoms with E-state index in [1.54, 1.807) is 0 Å². The zero-order chi connectivity index (χ0) is 13.2. The van der Waals surface area contributed by atoms with Gasteiger partial charge in [0.25, 0.3) is 0 Å². The molecule has 0 radical (unpaired) electrons. The minimum atomic E-state index is 0.567. The van der Waals surface area contributed by atoms with Crippen molar-refractivity contribution in [1.82, 2.24) is 0 Å². The van der Waals surface area contributed by atoms with E-state index < -0.39 is 0 Å². The Morgan fingerprint density at radius 1 is 1.05 bits per heavy atom.